The lowest BCUT2D eigenvalue weighted by molar-refractivity contribution is 0.174. The van der Waals surface area contributed by atoms with Crippen molar-refractivity contribution in [3.63, 3.8) is 0 Å². The van der Waals surface area contributed by atoms with Crippen LogP contribution in [0.2, 0.25) is 0 Å². The quantitative estimate of drug-likeness (QED) is 0.103. The molecule has 0 amide bonds. The number of aromatic amines is 2. The minimum atomic E-state index is 0. The van der Waals surface area contributed by atoms with Gasteiger partial charge in [0.25, 0.3) is 0 Å². The zero-order valence-corrected chi connectivity index (χ0v) is 90.5. The Hall–Kier alpha value is -6.52. The number of hydrogen-bond acceptors (Lipinski definition) is 7. The minimum Gasteiger partial charge on any atom is -0.454 e. The summed E-state index contributed by atoms with van der Waals surface area (Å²) in [4.78, 5) is 14.6. The van der Waals surface area contributed by atoms with Gasteiger partial charge >= 0.3 is 0 Å². The Kier molecular flexibility index (Phi) is 54.5. The molecule has 5 N–H and O–H groups in total. The zero-order chi connectivity index (χ0) is 97.3. The van der Waals surface area contributed by atoms with Crippen molar-refractivity contribution in [1.29, 1.82) is 0 Å². The van der Waals surface area contributed by atoms with Gasteiger partial charge in [-0.2, -0.15) is 0 Å². The molecule has 2 unspecified atom stereocenters. The summed E-state index contributed by atoms with van der Waals surface area (Å²) in [7, 11) is 0. The number of aromatic nitrogens is 4. The number of nitrogens with zero attached hydrogens (tertiary/aromatic N) is 2. The summed E-state index contributed by atoms with van der Waals surface area (Å²) < 4.78 is 10.6. The number of hydrogen-bond donors (Lipinski definition) is 5. The Morgan fingerprint density at radius 2 is 0.677 bits per heavy atom. The van der Waals surface area contributed by atoms with Crippen molar-refractivity contribution in [3.05, 3.63) is 228 Å². The number of pyridine rings is 2. The number of nitrogens with one attached hydrogen (secondary N) is 5. The summed E-state index contributed by atoms with van der Waals surface area (Å²) in [5, 5.41) is 10.4. The maximum atomic E-state index is 5.31. The highest BCUT2D eigenvalue weighted by atomic mass is 16.7. The smallest absolute Gasteiger partial charge is 0.231 e. The SMILES string of the molecule is C.C.CC(C)(C)C1=CCC=C1.CC(C)(C)C1CCCC1.CC(C)(C)C1CCCCC1.CC(C)(C)C1CCCCN1.CC(C)(C)C1CCCN1.CC(C)(C)C1CCNCC1.CC(C)(C)c1ccc2c(c1)OCO2.CC(C)(C)c1ccc[nH]1.CC(C)(C)c1ccc[nH]1.CC(C)(C)c1ccccc1.CC(C)(C)c1ccccc1.CC(C)(C)c1ccccn1.CC(C)(C)c1ccncc1. The summed E-state index contributed by atoms with van der Waals surface area (Å²) in [6, 6.07) is 47.1. The van der Waals surface area contributed by atoms with Crippen LogP contribution in [-0.4, -0.2) is 65.0 Å². The summed E-state index contributed by atoms with van der Waals surface area (Å²) in [6.45, 7) is 93.2. The van der Waals surface area contributed by atoms with Gasteiger partial charge in [-0.1, -0.05) is 414 Å². The third kappa shape index (κ3) is 53.5. The fraction of sp³-hybridized carbons (Fsp3) is 0.669. The molecule has 130 heavy (non-hydrogen) atoms. The Labute approximate surface area is 806 Å². The van der Waals surface area contributed by atoms with E-state index in [2.05, 4.69) is 427 Å². The van der Waals surface area contributed by atoms with Crippen LogP contribution in [0.25, 0.3) is 0 Å². The van der Waals surface area contributed by atoms with Crippen LogP contribution in [0.3, 0.4) is 0 Å². The van der Waals surface area contributed by atoms with Crippen LogP contribution in [0, 0.1) is 50.2 Å². The summed E-state index contributed by atoms with van der Waals surface area (Å²) >= 11 is 0. The van der Waals surface area contributed by atoms with Crippen LogP contribution in [0.5, 0.6) is 11.5 Å². The van der Waals surface area contributed by atoms with Crippen molar-refractivity contribution in [1.82, 2.24) is 35.9 Å². The van der Waals surface area contributed by atoms with Gasteiger partial charge < -0.3 is 35.4 Å². The van der Waals surface area contributed by atoms with Crippen molar-refractivity contribution >= 4 is 0 Å². The summed E-state index contributed by atoms with van der Waals surface area (Å²) in [5.41, 5.74) is 15.3. The molecule has 8 heterocycles. The molecule has 7 aromatic rings. The van der Waals surface area contributed by atoms with E-state index in [1.165, 1.54) is 168 Å². The Morgan fingerprint density at radius 1 is 0.300 bits per heavy atom. The van der Waals surface area contributed by atoms with Gasteiger partial charge in [0.15, 0.2) is 11.5 Å². The van der Waals surface area contributed by atoms with Crippen molar-refractivity contribution in [2.45, 2.75) is 444 Å². The van der Waals surface area contributed by atoms with Crippen molar-refractivity contribution < 1.29 is 9.47 Å². The molecule has 0 spiro atoms. The first-order chi connectivity index (χ1) is 58.8. The molecule has 3 aromatic carbocycles. The molecule has 4 aromatic heterocycles. The lowest BCUT2D eigenvalue weighted by Gasteiger charge is -2.34. The van der Waals surface area contributed by atoms with Crippen molar-refractivity contribution in [2.24, 2.45) is 50.2 Å². The van der Waals surface area contributed by atoms with Gasteiger partial charge in [-0.15, -0.1) is 0 Å². The topological polar surface area (TPSA) is 112 Å². The van der Waals surface area contributed by atoms with E-state index in [-0.39, 0.29) is 41.9 Å². The molecule has 3 aliphatic carbocycles. The van der Waals surface area contributed by atoms with E-state index in [1.807, 2.05) is 61.3 Å². The van der Waals surface area contributed by atoms with Gasteiger partial charge in [0, 0.05) is 76.4 Å². The number of benzene rings is 3. The number of H-pyrrole nitrogens is 2. The number of ether oxygens (including phenoxy) is 2. The number of allylic oxidation sites excluding steroid dienone is 4. The maximum Gasteiger partial charge on any atom is 0.231 e. The van der Waals surface area contributed by atoms with Crippen LogP contribution in [0.4, 0.5) is 0 Å². The van der Waals surface area contributed by atoms with Crippen LogP contribution in [0.15, 0.2) is 188 Å². The molecule has 5 fully saturated rings. The largest absolute Gasteiger partial charge is 0.454 e. The second-order valence-electron chi connectivity index (χ2n) is 50.5. The van der Waals surface area contributed by atoms with Crippen LogP contribution in [-0.2, 0) is 37.9 Å². The summed E-state index contributed by atoms with van der Waals surface area (Å²) in [5.74, 6) is 4.67. The predicted octanol–water partition coefficient (Wildman–Crippen LogP) is 35.1. The minimum absolute atomic E-state index is 0. The van der Waals surface area contributed by atoms with Crippen molar-refractivity contribution in [2.75, 3.05) is 33.0 Å². The highest BCUT2D eigenvalue weighted by Crippen LogP contribution is 2.41. The van der Waals surface area contributed by atoms with Gasteiger partial charge in [-0.05, 0) is 257 Å². The van der Waals surface area contributed by atoms with E-state index >= 15 is 0 Å². The van der Waals surface area contributed by atoms with Gasteiger partial charge in [-0.25, -0.2) is 0 Å². The number of piperidine rings is 2. The van der Waals surface area contributed by atoms with E-state index < -0.39 is 0 Å². The maximum absolute atomic E-state index is 5.31. The average Bonchev–Trinajstić information content (AvgIpc) is 1.64. The Balaban J connectivity index is 0.00000139. The molecule has 2 saturated carbocycles. The first-order valence-corrected chi connectivity index (χ1v) is 50.0. The fourth-order valence-corrected chi connectivity index (χ4v) is 16.0. The lowest BCUT2D eigenvalue weighted by atomic mass is 9.72. The molecule has 9 heteroatoms. The van der Waals surface area contributed by atoms with Crippen LogP contribution >= 0.6 is 0 Å². The first-order valence-electron chi connectivity index (χ1n) is 50.0. The summed E-state index contributed by atoms with van der Waals surface area (Å²) in [6.07, 6.45) is 40.2. The molecule has 3 saturated heterocycles. The standard InChI is InChI=1S/C11H14O2.C10H20.2C10H14.C9H19N.C9H13N.C9H19N.C9H13N.C9H18.C9H14.C8H17N.2C8H13N.2CH4/c1-11(2,3)8-4-5-9-10(6-8)13-7-12-9;3*1-10(2,3)9-7-5-4-6-8-9;2*1-9(2,3)8-4-6-10-7-5-8;2*1-9(2,3)8-6-4-5-7-10-8;2*1-9(2,3)8-6-4-5-7-8;3*1-8(2,3)7-5-4-6-9-7;;/h4-6H,7H2,1-3H3;9H,4-8H2,1-3H3;2*4-8H,1-3H3;8,10H,4-7H2,1-3H3;4-7H,1-3H3;8,10H,4-7H2,1-3H3;4-7H,1-3H3;8H,4-7H2,1-3H3;4,6-7H,5H2,1-3H3;7,9H,4-6H2,1-3H3;2*4-6,9H,1-3H3;2*1H4. The third-order valence-electron chi connectivity index (χ3n) is 25.4. The van der Waals surface area contributed by atoms with Crippen LogP contribution in [0.1, 0.15) is 433 Å². The fourth-order valence-electron chi connectivity index (χ4n) is 16.0. The Morgan fingerprint density at radius 3 is 0.938 bits per heavy atom. The van der Waals surface area contributed by atoms with Crippen molar-refractivity contribution in [3.8, 4) is 11.5 Å². The first kappa shape index (κ1) is 123. The van der Waals surface area contributed by atoms with E-state index in [1.54, 1.807) is 0 Å². The average molecular weight is 1790 g/mol. The third-order valence-corrected chi connectivity index (χ3v) is 25.4. The van der Waals surface area contributed by atoms with E-state index in [4.69, 9.17) is 9.47 Å². The monoisotopic (exact) mass is 1790 g/mol. The number of fused-ring (bicyclic) bond motifs is 1. The molecule has 7 aliphatic rings. The highest BCUT2D eigenvalue weighted by molar-refractivity contribution is 5.46. The molecule has 0 radical (unpaired) electrons. The lowest BCUT2D eigenvalue weighted by Crippen LogP contribution is -2.43. The molecule has 9 nitrogen and oxygen atoms in total. The molecular weight excluding hydrogens is 1580 g/mol. The normalized spacial score (nSPS) is 17.3. The second kappa shape index (κ2) is 57.4. The zero-order valence-electron chi connectivity index (χ0n) is 90.5. The van der Waals surface area contributed by atoms with Gasteiger partial charge in [0.2, 0.25) is 6.79 Å². The van der Waals surface area contributed by atoms with E-state index in [0.717, 1.165) is 53.5 Å². The molecule has 740 valence electrons. The van der Waals surface area contributed by atoms with Crippen LogP contribution < -0.4 is 25.4 Å². The van der Waals surface area contributed by atoms with Gasteiger partial charge in [0.05, 0.1) is 0 Å². The van der Waals surface area contributed by atoms with E-state index in [0.29, 0.717) is 50.1 Å². The highest BCUT2D eigenvalue weighted by Gasteiger charge is 2.31. The predicted molar refractivity (Wildman–Crippen MR) is 579 cm³/mol. The molecule has 4 aliphatic heterocycles. The molecule has 2 atom stereocenters. The molecule has 14 rings (SSSR count). The van der Waals surface area contributed by atoms with Gasteiger partial charge in [0.1, 0.15) is 0 Å². The molecule has 0 bridgehead atoms. The van der Waals surface area contributed by atoms with Gasteiger partial charge in [-0.3, -0.25) is 9.97 Å². The second-order valence-corrected chi connectivity index (χ2v) is 50.5. The molecular formula is C121H209N7O2. The number of rotatable bonds is 0. The Bertz CT molecular complexity index is 3640. The van der Waals surface area contributed by atoms with E-state index in [9.17, 15) is 0 Å².